The largest absolute Gasteiger partial charge is 0.378 e. The summed E-state index contributed by atoms with van der Waals surface area (Å²) in [6, 6.07) is 9.54. The van der Waals surface area contributed by atoms with Crippen molar-refractivity contribution < 1.29 is 9.53 Å². The normalized spacial score (nSPS) is 21.9. The van der Waals surface area contributed by atoms with Crippen LogP contribution >= 0.6 is 11.3 Å². The molecule has 4 rings (SSSR count). The van der Waals surface area contributed by atoms with Crippen molar-refractivity contribution in [3.8, 4) is 0 Å². The van der Waals surface area contributed by atoms with Gasteiger partial charge >= 0.3 is 6.03 Å². The van der Waals surface area contributed by atoms with Crippen LogP contribution in [0.25, 0.3) is 0 Å². The Morgan fingerprint density at radius 3 is 2.56 bits per heavy atom. The molecule has 32 heavy (non-hydrogen) atoms. The van der Waals surface area contributed by atoms with Crippen LogP contribution in [0.5, 0.6) is 0 Å². The van der Waals surface area contributed by atoms with E-state index in [4.69, 9.17) is 9.72 Å². The highest BCUT2D eigenvalue weighted by atomic mass is 32.1. The molecule has 0 radical (unpaired) electrons. The highest BCUT2D eigenvalue weighted by Gasteiger charge is 2.35. The molecule has 2 aliphatic rings. The van der Waals surface area contributed by atoms with E-state index in [-0.39, 0.29) is 11.9 Å². The second-order valence-electron chi connectivity index (χ2n) is 9.22. The monoisotopic (exact) mass is 456 g/mol. The minimum atomic E-state index is 0.145. The molecule has 0 saturated carbocycles. The van der Waals surface area contributed by atoms with Gasteiger partial charge in [0.1, 0.15) is 0 Å². The van der Waals surface area contributed by atoms with Crippen molar-refractivity contribution in [3.05, 3.63) is 51.5 Å². The molecule has 1 N–H and O–H groups in total. The highest BCUT2D eigenvalue weighted by Crippen LogP contribution is 2.37. The minimum absolute atomic E-state index is 0.145. The second kappa shape index (κ2) is 10.8. The lowest BCUT2D eigenvalue weighted by Crippen LogP contribution is -2.52. The molecule has 6 nitrogen and oxygen atoms in total. The van der Waals surface area contributed by atoms with Crippen LogP contribution in [0.4, 0.5) is 4.79 Å². The van der Waals surface area contributed by atoms with Gasteiger partial charge in [-0.15, -0.1) is 11.3 Å². The molecule has 0 bridgehead atoms. The Morgan fingerprint density at radius 2 is 1.88 bits per heavy atom. The Hall–Kier alpha value is -1.96. The summed E-state index contributed by atoms with van der Waals surface area (Å²) < 4.78 is 5.46. The molecule has 2 aromatic rings. The van der Waals surface area contributed by atoms with E-state index < -0.39 is 0 Å². The van der Waals surface area contributed by atoms with Crippen molar-refractivity contribution in [2.24, 2.45) is 0 Å². The molecule has 7 heteroatoms. The maximum absolute atomic E-state index is 13.4. The number of rotatable bonds is 6. The van der Waals surface area contributed by atoms with Gasteiger partial charge < -0.3 is 19.9 Å². The van der Waals surface area contributed by atoms with E-state index in [1.165, 1.54) is 11.1 Å². The van der Waals surface area contributed by atoms with Crippen LogP contribution in [0.1, 0.15) is 60.9 Å². The number of carbonyl (C=O) groups is 1. The molecule has 1 aromatic carbocycles. The molecule has 0 aliphatic carbocycles. The van der Waals surface area contributed by atoms with Gasteiger partial charge in [-0.2, -0.15) is 0 Å². The molecular formula is C25H36N4O2S. The molecular weight excluding hydrogens is 420 g/mol. The molecule has 2 aliphatic heterocycles. The molecule has 0 spiro atoms. The number of thiazole rings is 1. The van der Waals surface area contributed by atoms with Gasteiger partial charge in [0.2, 0.25) is 0 Å². The fourth-order valence-electron chi connectivity index (χ4n) is 4.56. The SMILES string of the molecule is CCc1ccc(C2CC(c3nc(CNC(C)C)cs3)CN(C(=O)N3CCOCC3)C2)cc1. The van der Waals surface area contributed by atoms with Gasteiger partial charge in [-0.25, -0.2) is 9.78 Å². The highest BCUT2D eigenvalue weighted by molar-refractivity contribution is 7.09. The van der Waals surface area contributed by atoms with Crippen LogP contribution < -0.4 is 5.32 Å². The quantitative estimate of drug-likeness (QED) is 0.707. The smallest absolute Gasteiger partial charge is 0.320 e. The zero-order valence-electron chi connectivity index (χ0n) is 19.5. The average Bonchev–Trinajstić information content (AvgIpc) is 3.32. The first kappa shape index (κ1) is 23.2. The van der Waals surface area contributed by atoms with E-state index in [1.54, 1.807) is 11.3 Å². The minimum Gasteiger partial charge on any atom is -0.378 e. The lowest BCUT2D eigenvalue weighted by molar-refractivity contribution is 0.0398. The zero-order chi connectivity index (χ0) is 22.5. The van der Waals surface area contributed by atoms with Gasteiger partial charge in [-0.1, -0.05) is 45.0 Å². The maximum atomic E-state index is 13.4. The lowest BCUT2D eigenvalue weighted by Gasteiger charge is -2.40. The first-order chi connectivity index (χ1) is 15.5. The van der Waals surface area contributed by atoms with Crippen LogP contribution in [-0.4, -0.2) is 66.2 Å². The van der Waals surface area contributed by atoms with Crippen molar-refractivity contribution in [1.82, 2.24) is 20.1 Å². The molecule has 174 valence electrons. The number of urea groups is 1. The summed E-state index contributed by atoms with van der Waals surface area (Å²) in [6.07, 6.45) is 2.07. The lowest BCUT2D eigenvalue weighted by atomic mass is 9.84. The Bertz CT molecular complexity index is 876. The van der Waals surface area contributed by atoms with Gasteiger partial charge in [0.05, 0.1) is 23.9 Å². The van der Waals surface area contributed by atoms with Gasteiger partial charge in [0.25, 0.3) is 0 Å². The maximum Gasteiger partial charge on any atom is 0.320 e. The first-order valence-corrected chi connectivity index (χ1v) is 12.8. The molecule has 2 amide bonds. The molecule has 1 aromatic heterocycles. The third-order valence-corrected chi connectivity index (χ3v) is 7.53. The van der Waals surface area contributed by atoms with E-state index in [1.807, 2.05) is 4.90 Å². The number of hydrogen-bond acceptors (Lipinski definition) is 5. The number of nitrogens with one attached hydrogen (secondary N) is 1. The fourth-order valence-corrected chi connectivity index (χ4v) is 5.48. The summed E-state index contributed by atoms with van der Waals surface area (Å²) in [6.45, 7) is 11.4. The number of nitrogens with zero attached hydrogens (tertiary/aromatic N) is 3. The number of ether oxygens (including phenoxy) is 1. The van der Waals surface area contributed by atoms with Gasteiger partial charge in [-0.05, 0) is 24.0 Å². The van der Waals surface area contributed by atoms with Crippen LogP contribution in [0.15, 0.2) is 29.6 Å². The first-order valence-electron chi connectivity index (χ1n) is 11.9. The number of carbonyl (C=O) groups excluding carboxylic acids is 1. The standard InChI is InChI=1S/C25H36N4O2S/c1-4-19-5-7-20(8-6-19)21-13-22(24-27-23(17-32-24)14-26-18(2)3)16-29(15-21)25(30)28-9-11-31-12-10-28/h5-8,17-18,21-22,26H,4,9-16H2,1-3H3. The summed E-state index contributed by atoms with van der Waals surface area (Å²) in [5.74, 6) is 0.591. The zero-order valence-corrected chi connectivity index (χ0v) is 20.4. The number of amides is 2. The predicted octanol–water partition coefficient (Wildman–Crippen LogP) is 4.23. The number of aryl methyl sites for hydroxylation is 1. The Kier molecular flexibility index (Phi) is 7.81. The van der Waals surface area contributed by atoms with Crippen LogP contribution in [0.3, 0.4) is 0 Å². The summed E-state index contributed by atoms with van der Waals surface area (Å²) in [5.41, 5.74) is 3.77. The number of hydrogen-bond donors (Lipinski definition) is 1. The molecule has 3 heterocycles. The van der Waals surface area contributed by atoms with Crippen LogP contribution in [0, 0.1) is 0 Å². The van der Waals surface area contributed by atoms with Crippen molar-refractivity contribution in [3.63, 3.8) is 0 Å². The second-order valence-corrected chi connectivity index (χ2v) is 10.1. The number of likely N-dealkylation sites (tertiary alicyclic amines) is 1. The third-order valence-electron chi connectivity index (χ3n) is 6.47. The van der Waals surface area contributed by atoms with E-state index in [9.17, 15) is 4.79 Å². The summed E-state index contributed by atoms with van der Waals surface area (Å²) in [7, 11) is 0. The topological polar surface area (TPSA) is 57.7 Å². The van der Waals surface area contributed by atoms with Crippen LogP contribution in [0.2, 0.25) is 0 Å². The number of morpholine rings is 1. The number of benzene rings is 1. The average molecular weight is 457 g/mol. The summed E-state index contributed by atoms with van der Waals surface area (Å²) in [4.78, 5) is 22.3. The van der Waals surface area contributed by atoms with Crippen molar-refractivity contribution >= 4 is 17.4 Å². The van der Waals surface area contributed by atoms with Gasteiger partial charge in [0.15, 0.2) is 0 Å². The van der Waals surface area contributed by atoms with Crippen molar-refractivity contribution in [1.29, 1.82) is 0 Å². The van der Waals surface area contributed by atoms with Crippen molar-refractivity contribution in [2.45, 2.75) is 58.0 Å². The van der Waals surface area contributed by atoms with Gasteiger partial charge in [0, 0.05) is 56.0 Å². The Labute approximate surface area is 196 Å². The Balaban J connectivity index is 1.54. The van der Waals surface area contributed by atoms with E-state index in [2.05, 4.69) is 60.6 Å². The third kappa shape index (κ3) is 5.69. The molecule has 2 atom stereocenters. The number of aromatic nitrogens is 1. The molecule has 2 unspecified atom stereocenters. The van der Waals surface area contributed by atoms with E-state index in [0.29, 0.717) is 38.3 Å². The van der Waals surface area contributed by atoms with E-state index >= 15 is 0 Å². The van der Waals surface area contributed by atoms with Crippen LogP contribution in [-0.2, 0) is 17.7 Å². The van der Waals surface area contributed by atoms with E-state index in [0.717, 1.165) is 43.2 Å². The summed E-state index contributed by atoms with van der Waals surface area (Å²) >= 11 is 1.74. The van der Waals surface area contributed by atoms with Gasteiger partial charge in [-0.3, -0.25) is 0 Å². The molecule has 2 saturated heterocycles. The molecule has 2 fully saturated rings. The predicted molar refractivity (Wildman–Crippen MR) is 129 cm³/mol. The number of piperidine rings is 1. The summed E-state index contributed by atoms with van der Waals surface area (Å²) in [5, 5.41) is 6.77. The fraction of sp³-hybridized carbons (Fsp3) is 0.600. The van der Waals surface area contributed by atoms with Crippen molar-refractivity contribution in [2.75, 3.05) is 39.4 Å². The Morgan fingerprint density at radius 1 is 1.16 bits per heavy atom.